The second-order valence-electron chi connectivity index (χ2n) is 22.5. The van der Waals surface area contributed by atoms with Gasteiger partial charge in [0.1, 0.15) is 24.8 Å². The number of rotatable bonds is 35. The van der Waals surface area contributed by atoms with Crippen molar-refractivity contribution in [2.45, 2.75) is 132 Å². The molecule has 0 radical (unpaired) electrons. The first-order valence-corrected chi connectivity index (χ1v) is 27.2. The van der Waals surface area contributed by atoms with Gasteiger partial charge >= 0.3 is 18.2 Å². The van der Waals surface area contributed by atoms with Gasteiger partial charge in [-0.25, -0.2) is 14.6 Å². The molecule has 3 rings (SSSR count). The summed E-state index contributed by atoms with van der Waals surface area (Å²) in [5.74, 6) is -1.53. The first-order chi connectivity index (χ1) is 37.0. The van der Waals surface area contributed by atoms with Crippen LogP contribution in [0.25, 0.3) is 11.3 Å². The van der Waals surface area contributed by atoms with Crippen LogP contribution >= 0.6 is 0 Å². The molecule has 3 aromatic rings. The quantitative estimate of drug-likeness (QED) is 0.0190. The minimum absolute atomic E-state index is 0.0890. The monoisotopic (exact) mass is 1090 g/mol. The van der Waals surface area contributed by atoms with Gasteiger partial charge in [0.2, 0.25) is 5.91 Å². The van der Waals surface area contributed by atoms with Crippen LogP contribution in [0.1, 0.15) is 100 Å². The van der Waals surface area contributed by atoms with E-state index in [0.717, 1.165) is 28.8 Å². The van der Waals surface area contributed by atoms with E-state index in [1.807, 2.05) is 128 Å². The van der Waals surface area contributed by atoms with E-state index in [4.69, 9.17) is 37.9 Å². The number of pyridine rings is 1. The lowest BCUT2D eigenvalue weighted by Gasteiger charge is -2.37. The number of nitrogens with one attached hydrogen (secondary N) is 4. The van der Waals surface area contributed by atoms with Gasteiger partial charge in [-0.1, -0.05) is 137 Å². The van der Waals surface area contributed by atoms with Crippen molar-refractivity contribution in [2.75, 3.05) is 80.2 Å². The van der Waals surface area contributed by atoms with E-state index in [0.29, 0.717) is 52.0 Å². The van der Waals surface area contributed by atoms with Crippen molar-refractivity contribution in [1.82, 2.24) is 31.4 Å². The second kappa shape index (κ2) is 35.0. The molecular formula is C59H92N6O13. The van der Waals surface area contributed by atoms with Gasteiger partial charge in [0.15, 0.2) is 0 Å². The SMILES string of the molecule is COCCOCCOC(COCCOCCOC(=O)NC(C(=O)NC(Cc1ccccc1)C(CN(Cc1ccc(-c2ccccn2)cc1)NC(=O)C(NC(=O)OC)C(C)(C)C)OC(=O)C(C)CC(C)C)C(C)(C)C)CC(C)C. The molecule has 2 aromatic carbocycles. The van der Waals surface area contributed by atoms with Crippen LogP contribution in [-0.2, 0) is 65.2 Å². The van der Waals surface area contributed by atoms with Gasteiger partial charge in [-0.15, -0.1) is 0 Å². The molecule has 0 bridgehead atoms. The van der Waals surface area contributed by atoms with Crippen molar-refractivity contribution in [3.8, 4) is 11.3 Å². The van der Waals surface area contributed by atoms with E-state index in [1.54, 1.807) is 25.2 Å². The summed E-state index contributed by atoms with van der Waals surface area (Å²) in [4.78, 5) is 74.0. The Bertz CT molecular complexity index is 2190. The average Bonchev–Trinajstić information content (AvgIpc) is 3.39. The number of hydrazine groups is 1. The lowest BCUT2D eigenvalue weighted by atomic mass is 9.85. The summed E-state index contributed by atoms with van der Waals surface area (Å²) < 4.78 is 44.9. The van der Waals surface area contributed by atoms with E-state index in [1.165, 1.54) is 7.11 Å². The number of ether oxygens (including phenoxy) is 8. The number of hydrogen-bond acceptors (Lipinski definition) is 15. The third-order valence-electron chi connectivity index (χ3n) is 12.4. The van der Waals surface area contributed by atoms with E-state index in [9.17, 15) is 24.0 Å². The molecule has 0 spiro atoms. The number of esters is 1. The molecule has 0 fully saturated rings. The standard InChI is InChI=1S/C59H92N6O13/c1-41(2)35-43(5)55(68)78-50(39-65(64-54(67)52(59(9,10)11)62-56(69)72-13)38-45-22-24-46(25-23-45)48-21-17-18-26-60-48)49(37-44-19-15-14-16-20-44)61-53(66)51(58(6,7)8)63-57(70)77-34-32-74-29-30-75-40-47(36-42(3)4)76-33-31-73-28-27-71-12/h14-26,41-43,47,49-52H,27-40H2,1-13H3,(H,61,66)(H,62,69)(H,63,70)(H,64,67). The Morgan fingerprint density at radius 3 is 1.81 bits per heavy atom. The number of hydrogen-bond donors (Lipinski definition) is 4. The average molecular weight is 1090 g/mol. The van der Waals surface area contributed by atoms with Gasteiger partial charge in [0.25, 0.3) is 5.91 Å². The number of alkyl carbamates (subject to hydrolysis) is 2. The zero-order chi connectivity index (χ0) is 57.7. The highest BCUT2D eigenvalue weighted by molar-refractivity contribution is 5.87. The summed E-state index contributed by atoms with van der Waals surface area (Å²) in [5.41, 5.74) is 4.68. The van der Waals surface area contributed by atoms with Crippen molar-refractivity contribution < 1.29 is 61.9 Å². The molecule has 6 unspecified atom stereocenters. The summed E-state index contributed by atoms with van der Waals surface area (Å²) >= 11 is 0. The summed E-state index contributed by atoms with van der Waals surface area (Å²) in [6.45, 7) is 23.9. The number of amides is 4. The minimum atomic E-state index is -1.13. The van der Waals surface area contributed by atoms with Crippen LogP contribution < -0.4 is 21.4 Å². The smallest absolute Gasteiger partial charge is 0.407 e. The van der Waals surface area contributed by atoms with Crippen LogP contribution in [0.15, 0.2) is 79.0 Å². The molecule has 1 aromatic heterocycles. The number of nitrogens with zero attached hydrogens (tertiary/aromatic N) is 2. The van der Waals surface area contributed by atoms with Gasteiger partial charge in [-0.3, -0.25) is 24.8 Å². The predicted molar refractivity (Wildman–Crippen MR) is 299 cm³/mol. The Labute approximate surface area is 464 Å². The summed E-state index contributed by atoms with van der Waals surface area (Å²) in [6, 6.07) is 19.7. The van der Waals surface area contributed by atoms with E-state index < -0.39 is 70.9 Å². The molecule has 19 nitrogen and oxygen atoms in total. The maximum absolute atomic E-state index is 14.8. The molecule has 0 saturated heterocycles. The van der Waals surface area contributed by atoms with Crippen LogP contribution in [-0.4, -0.2) is 151 Å². The zero-order valence-electron chi connectivity index (χ0n) is 48.7. The van der Waals surface area contributed by atoms with Gasteiger partial charge in [0.05, 0.1) is 90.3 Å². The van der Waals surface area contributed by atoms with E-state index in [-0.39, 0.29) is 51.4 Å². The molecule has 0 aliphatic rings. The molecule has 1 heterocycles. The van der Waals surface area contributed by atoms with E-state index in [2.05, 4.69) is 40.2 Å². The fourth-order valence-corrected chi connectivity index (χ4v) is 8.39. The number of methoxy groups -OCH3 is 2. The summed E-state index contributed by atoms with van der Waals surface area (Å²) in [7, 11) is 2.85. The molecule has 0 aliphatic heterocycles. The lowest BCUT2D eigenvalue weighted by Crippen LogP contribution is -2.61. The molecule has 6 atom stereocenters. The molecule has 436 valence electrons. The fourth-order valence-electron chi connectivity index (χ4n) is 8.39. The van der Waals surface area contributed by atoms with Crippen molar-refractivity contribution >= 4 is 30.0 Å². The molecule has 0 saturated carbocycles. The van der Waals surface area contributed by atoms with Crippen molar-refractivity contribution in [2.24, 2.45) is 28.6 Å². The molecule has 4 amide bonds. The summed E-state index contributed by atoms with van der Waals surface area (Å²) in [5, 5.41) is 10.2. The third-order valence-corrected chi connectivity index (χ3v) is 12.4. The number of carbonyl (C=O) groups is 5. The Morgan fingerprint density at radius 2 is 1.21 bits per heavy atom. The van der Waals surface area contributed by atoms with Crippen LogP contribution in [0.3, 0.4) is 0 Å². The highest BCUT2D eigenvalue weighted by atomic mass is 16.6. The zero-order valence-corrected chi connectivity index (χ0v) is 48.7. The highest BCUT2D eigenvalue weighted by Crippen LogP contribution is 2.24. The Morgan fingerprint density at radius 1 is 0.615 bits per heavy atom. The maximum Gasteiger partial charge on any atom is 0.407 e. The van der Waals surface area contributed by atoms with Gasteiger partial charge in [0, 0.05) is 25.4 Å². The van der Waals surface area contributed by atoms with Crippen LogP contribution in [0.4, 0.5) is 9.59 Å². The minimum Gasteiger partial charge on any atom is -0.459 e. The normalized spacial score (nSPS) is 14.2. The molecule has 19 heteroatoms. The van der Waals surface area contributed by atoms with Crippen LogP contribution in [0.2, 0.25) is 0 Å². The van der Waals surface area contributed by atoms with Crippen molar-refractivity contribution in [3.63, 3.8) is 0 Å². The van der Waals surface area contributed by atoms with Crippen LogP contribution in [0, 0.1) is 28.6 Å². The number of benzene rings is 2. The van der Waals surface area contributed by atoms with Crippen molar-refractivity contribution in [3.05, 3.63) is 90.1 Å². The second-order valence-corrected chi connectivity index (χ2v) is 22.5. The molecular weight excluding hydrogens is 1000 g/mol. The van der Waals surface area contributed by atoms with Gasteiger partial charge in [-0.05, 0) is 65.2 Å². The Balaban J connectivity index is 1.89. The number of carbonyl (C=O) groups excluding carboxylic acids is 5. The topological polar surface area (TPSA) is 223 Å². The molecule has 4 N–H and O–H groups in total. The first-order valence-electron chi connectivity index (χ1n) is 27.2. The Hall–Kier alpha value is -5.70. The highest BCUT2D eigenvalue weighted by Gasteiger charge is 2.39. The fraction of sp³-hybridized carbons (Fsp3) is 0.627. The van der Waals surface area contributed by atoms with E-state index >= 15 is 0 Å². The van der Waals surface area contributed by atoms with Crippen LogP contribution in [0.5, 0.6) is 0 Å². The Kier molecular flexibility index (Phi) is 29.9. The number of aromatic nitrogens is 1. The molecule has 78 heavy (non-hydrogen) atoms. The lowest BCUT2D eigenvalue weighted by molar-refractivity contribution is -0.158. The maximum atomic E-state index is 14.8. The third kappa shape index (κ3) is 26.3. The first kappa shape index (κ1) is 66.6. The van der Waals surface area contributed by atoms with Crippen molar-refractivity contribution in [1.29, 1.82) is 0 Å². The predicted octanol–water partition coefficient (Wildman–Crippen LogP) is 7.94. The summed E-state index contributed by atoms with van der Waals surface area (Å²) in [6.07, 6.45) is 0.467. The largest absolute Gasteiger partial charge is 0.459 e. The van der Waals surface area contributed by atoms with Gasteiger partial charge < -0.3 is 53.8 Å². The van der Waals surface area contributed by atoms with Gasteiger partial charge in [-0.2, -0.15) is 0 Å². The molecule has 0 aliphatic carbocycles.